The zero-order chi connectivity index (χ0) is 14.4. The maximum Gasteiger partial charge on any atom is 0.255 e. The maximum atomic E-state index is 12.1. The topological polar surface area (TPSA) is 64.4 Å². The summed E-state index contributed by atoms with van der Waals surface area (Å²) < 4.78 is 10.5. The Hall–Kier alpha value is -2.30. The van der Waals surface area contributed by atoms with Crippen LogP contribution in [0.5, 0.6) is 5.75 Å². The van der Waals surface area contributed by atoms with Crippen LogP contribution in [0, 0.1) is 6.92 Å². The average molecular weight is 274 g/mol. The zero-order valence-electron chi connectivity index (χ0n) is 11.7. The summed E-state index contributed by atoms with van der Waals surface area (Å²) in [5, 5.41) is 6.65. The Balaban J connectivity index is 1.91. The van der Waals surface area contributed by atoms with Crippen LogP contribution in [0.4, 0.5) is 0 Å². The Morgan fingerprint density at radius 3 is 2.90 bits per heavy atom. The number of para-hydroxylation sites is 1. The lowest BCUT2D eigenvalue weighted by Crippen LogP contribution is -2.26. The highest BCUT2D eigenvalue weighted by atomic mass is 16.5. The molecule has 0 fully saturated rings. The van der Waals surface area contributed by atoms with Crippen LogP contribution >= 0.6 is 0 Å². The normalized spacial score (nSPS) is 10.3. The van der Waals surface area contributed by atoms with Gasteiger partial charge in [-0.15, -0.1) is 0 Å². The lowest BCUT2D eigenvalue weighted by atomic mass is 10.2. The van der Waals surface area contributed by atoms with Crippen LogP contribution in [-0.2, 0) is 6.42 Å². The van der Waals surface area contributed by atoms with E-state index in [1.807, 2.05) is 32.0 Å². The number of carbonyl (C=O) groups is 1. The molecule has 2 rings (SSSR count). The van der Waals surface area contributed by atoms with Gasteiger partial charge in [-0.3, -0.25) is 4.79 Å². The van der Waals surface area contributed by atoms with Crippen molar-refractivity contribution in [2.75, 3.05) is 13.2 Å². The van der Waals surface area contributed by atoms with Gasteiger partial charge < -0.3 is 14.6 Å². The van der Waals surface area contributed by atoms with E-state index in [9.17, 15) is 4.79 Å². The average Bonchev–Trinajstić information content (AvgIpc) is 2.85. The van der Waals surface area contributed by atoms with E-state index in [0.717, 1.165) is 11.5 Å². The number of carbonyl (C=O) groups excluding carboxylic acids is 1. The van der Waals surface area contributed by atoms with E-state index in [2.05, 4.69) is 10.5 Å². The SMILES string of the molecule is CCOc1ccccc1C(=O)NCCc1cc(C)no1. The van der Waals surface area contributed by atoms with Gasteiger partial charge in [0.05, 0.1) is 17.9 Å². The minimum Gasteiger partial charge on any atom is -0.493 e. The molecule has 0 saturated heterocycles. The molecule has 0 spiro atoms. The number of nitrogens with zero attached hydrogens (tertiary/aromatic N) is 1. The Kier molecular flexibility index (Phi) is 4.76. The summed E-state index contributed by atoms with van der Waals surface area (Å²) in [5.41, 5.74) is 1.39. The van der Waals surface area contributed by atoms with Crippen LogP contribution in [-0.4, -0.2) is 24.2 Å². The number of ether oxygens (including phenoxy) is 1. The van der Waals surface area contributed by atoms with E-state index in [0.29, 0.717) is 30.9 Å². The molecule has 0 bridgehead atoms. The standard InChI is InChI=1S/C15H18N2O3/c1-3-19-14-7-5-4-6-13(14)15(18)16-9-8-12-10-11(2)17-20-12/h4-7,10H,3,8-9H2,1-2H3,(H,16,18). The predicted molar refractivity (Wildman–Crippen MR) is 74.9 cm³/mol. The number of hydrogen-bond acceptors (Lipinski definition) is 4. The molecule has 20 heavy (non-hydrogen) atoms. The minimum atomic E-state index is -0.148. The molecule has 1 N–H and O–H groups in total. The summed E-state index contributed by atoms with van der Waals surface area (Å²) in [5.74, 6) is 1.22. The molecule has 0 radical (unpaired) electrons. The summed E-state index contributed by atoms with van der Waals surface area (Å²) in [7, 11) is 0. The molecule has 0 unspecified atom stereocenters. The Morgan fingerprint density at radius 2 is 2.20 bits per heavy atom. The van der Waals surface area contributed by atoms with Crippen LogP contribution in [0.15, 0.2) is 34.9 Å². The van der Waals surface area contributed by atoms with Crippen molar-refractivity contribution < 1.29 is 14.1 Å². The fraction of sp³-hybridized carbons (Fsp3) is 0.333. The first-order valence-electron chi connectivity index (χ1n) is 6.63. The number of benzene rings is 1. The zero-order valence-corrected chi connectivity index (χ0v) is 11.7. The van der Waals surface area contributed by atoms with Gasteiger partial charge in [-0.2, -0.15) is 0 Å². The largest absolute Gasteiger partial charge is 0.493 e. The predicted octanol–water partition coefficient (Wildman–Crippen LogP) is 2.35. The summed E-state index contributed by atoms with van der Waals surface area (Å²) in [6, 6.07) is 9.06. The van der Waals surface area contributed by atoms with Gasteiger partial charge >= 0.3 is 0 Å². The van der Waals surface area contributed by atoms with Crippen molar-refractivity contribution >= 4 is 5.91 Å². The molecule has 0 saturated carbocycles. The van der Waals surface area contributed by atoms with E-state index in [4.69, 9.17) is 9.26 Å². The fourth-order valence-corrected chi connectivity index (χ4v) is 1.86. The van der Waals surface area contributed by atoms with E-state index in [1.54, 1.807) is 12.1 Å². The highest BCUT2D eigenvalue weighted by Gasteiger charge is 2.11. The first kappa shape index (κ1) is 14.1. The Morgan fingerprint density at radius 1 is 1.40 bits per heavy atom. The van der Waals surface area contributed by atoms with Crippen molar-refractivity contribution in [1.82, 2.24) is 10.5 Å². The number of rotatable bonds is 6. The molecule has 1 heterocycles. The van der Waals surface area contributed by atoms with Gasteiger partial charge in [0.25, 0.3) is 5.91 Å². The molecule has 5 heteroatoms. The molecule has 0 atom stereocenters. The van der Waals surface area contributed by atoms with Crippen LogP contribution in [0.2, 0.25) is 0 Å². The smallest absolute Gasteiger partial charge is 0.255 e. The van der Waals surface area contributed by atoms with Gasteiger partial charge in [0.2, 0.25) is 0 Å². The van der Waals surface area contributed by atoms with Gasteiger partial charge in [0.15, 0.2) is 0 Å². The van der Waals surface area contributed by atoms with Crippen molar-refractivity contribution in [2.45, 2.75) is 20.3 Å². The monoisotopic (exact) mass is 274 g/mol. The minimum absolute atomic E-state index is 0.148. The number of aromatic nitrogens is 1. The van der Waals surface area contributed by atoms with Gasteiger partial charge in [-0.05, 0) is 26.0 Å². The Bertz CT molecular complexity index is 578. The molecule has 1 aromatic carbocycles. The van der Waals surface area contributed by atoms with Crippen LogP contribution in [0.1, 0.15) is 28.7 Å². The van der Waals surface area contributed by atoms with Crippen molar-refractivity contribution in [3.8, 4) is 5.75 Å². The summed E-state index contributed by atoms with van der Waals surface area (Å²) in [4.78, 5) is 12.1. The molecule has 106 valence electrons. The third-order valence-electron chi connectivity index (χ3n) is 2.77. The first-order chi connectivity index (χ1) is 9.70. The summed E-state index contributed by atoms with van der Waals surface area (Å²) in [6.07, 6.45) is 0.614. The van der Waals surface area contributed by atoms with Crippen molar-refractivity contribution in [2.24, 2.45) is 0 Å². The van der Waals surface area contributed by atoms with Gasteiger partial charge in [-0.1, -0.05) is 17.3 Å². The van der Waals surface area contributed by atoms with Crippen LogP contribution in [0.25, 0.3) is 0 Å². The van der Waals surface area contributed by atoms with E-state index >= 15 is 0 Å². The number of nitrogens with one attached hydrogen (secondary N) is 1. The number of aryl methyl sites for hydroxylation is 1. The highest BCUT2D eigenvalue weighted by Crippen LogP contribution is 2.17. The second-order valence-corrected chi connectivity index (χ2v) is 4.37. The third kappa shape index (κ3) is 3.60. The van der Waals surface area contributed by atoms with Gasteiger partial charge in [0.1, 0.15) is 11.5 Å². The lowest BCUT2D eigenvalue weighted by Gasteiger charge is -2.09. The quantitative estimate of drug-likeness (QED) is 0.878. The lowest BCUT2D eigenvalue weighted by molar-refractivity contribution is 0.0949. The summed E-state index contributed by atoms with van der Waals surface area (Å²) >= 11 is 0. The van der Waals surface area contributed by atoms with Gasteiger partial charge in [-0.25, -0.2) is 0 Å². The molecule has 0 aliphatic rings. The molecule has 1 aromatic heterocycles. The number of hydrogen-bond donors (Lipinski definition) is 1. The third-order valence-corrected chi connectivity index (χ3v) is 2.77. The fourth-order valence-electron chi connectivity index (χ4n) is 1.86. The van der Waals surface area contributed by atoms with Crippen LogP contribution in [0.3, 0.4) is 0 Å². The first-order valence-corrected chi connectivity index (χ1v) is 6.63. The molecular weight excluding hydrogens is 256 g/mol. The molecular formula is C15H18N2O3. The van der Waals surface area contributed by atoms with Crippen molar-refractivity contribution in [3.05, 3.63) is 47.3 Å². The molecule has 5 nitrogen and oxygen atoms in total. The van der Waals surface area contributed by atoms with Gasteiger partial charge in [0, 0.05) is 19.0 Å². The highest BCUT2D eigenvalue weighted by molar-refractivity contribution is 5.96. The molecule has 1 amide bonds. The number of amides is 1. The summed E-state index contributed by atoms with van der Waals surface area (Å²) in [6.45, 7) is 4.78. The van der Waals surface area contributed by atoms with E-state index < -0.39 is 0 Å². The van der Waals surface area contributed by atoms with Crippen molar-refractivity contribution in [3.63, 3.8) is 0 Å². The second kappa shape index (κ2) is 6.75. The second-order valence-electron chi connectivity index (χ2n) is 4.37. The van der Waals surface area contributed by atoms with Crippen LogP contribution < -0.4 is 10.1 Å². The maximum absolute atomic E-state index is 12.1. The van der Waals surface area contributed by atoms with Crippen molar-refractivity contribution in [1.29, 1.82) is 0 Å². The molecule has 0 aliphatic carbocycles. The van der Waals surface area contributed by atoms with E-state index in [-0.39, 0.29) is 5.91 Å². The van der Waals surface area contributed by atoms with E-state index in [1.165, 1.54) is 0 Å². The Labute approximate surface area is 117 Å². The molecule has 0 aliphatic heterocycles. The molecule has 2 aromatic rings.